The Morgan fingerprint density at radius 1 is 1.56 bits per heavy atom. The summed E-state index contributed by atoms with van der Waals surface area (Å²) in [6, 6.07) is 4.08. The Morgan fingerprint density at radius 3 is 2.84 bits per heavy atom. The van der Waals surface area contributed by atoms with Gasteiger partial charge in [-0.1, -0.05) is 18.5 Å². The average Bonchev–Trinajstić information content (AvgIpc) is 2.55. The van der Waals surface area contributed by atoms with Crippen LogP contribution in [-0.2, 0) is 4.79 Å². The number of nitrogens with two attached hydrogens (primary N) is 1. The van der Waals surface area contributed by atoms with E-state index in [-0.39, 0.29) is 40.8 Å². The van der Waals surface area contributed by atoms with Crippen molar-refractivity contribution in [3.63, 3.8) is 0 Å². The van der Waals surface area contributed by atoms with Crippen molar-refractivity contribution < 1.29 is 14.5 Å². The number of nitrogens with zero attached hydrogens (tertiary/aromatic N) is 2. The third-order valence-corrected chi connectivity index (χ3v) is 4.54. The van der Waals surface area contributed by atoms with Crippen molar-refractivity contribution in [3.05, 3.63) is 33.3 Å². The highest BCUT2D eigenvalue weighted by atomic mass is 35.5. The van der Waals surface area contributed by atoms with Gasteiger partial charge in [-0.3, -0.25) is 14.9 Å². The van der Waals surface area contributed by atoms with Crippen LogP contribution in [0.5, 0.6) is 5.75 Å². The molecule has 1 saturated heterocycles. The van der Waals surface area contributed by atoms with E-state index in [9.17, 15) is 14.9 Å². The van der Waals surface area contributed by atoms with Crippen molar-refractivity contribution in [3.8, 4) is 5.75 Å². The van der Waals surface area contributed by atoms with E-state index < -0.39 is 11.0 Å². The van der Waals surface area contributed by atoms with E-state index >= 15 is 0 Å². The van der Waals surface area contributed by atoms with Gasteiger partial charge >= 0.3 is 5.69 Å². The van der Waals surface area contributed by atoms with Gasteiger partial charge in [0, 0.05) is 30.2 Å². The summed E-state index contributed by atoms with van der Waals surface area (Å²) in [7, 11) is 0. The number of likely N-dealkylation sites (tertiary alicyclic amines) is 1. The molecule has 0 aliphatic carbocycles. The van der Waals surface area contributed by atoms with E-state index in [2.05, 4.69) is 6.92 Å². The predicted molar refractivity (Wildman–Crippen MR) is 98.4 cm³/mol. The number of carbonyl (C=O) groups excluding carboxylic acids is 1. The molecular formula is C16H23Cl2N3O4. The van der Waals surface area contributed by atoms with Gasteiger partial charge in [0.2, 0.25) is 0 Å². The van der Waals surface area contributed by atoms with Crippen LogP contribution in [0.15, 0.2) is 18.2 Å². The van der Waals surface area contributed by atoms with E-state index in [0.717, 1.165) is 12.8 Å². The summed E-state index contributed by atoms with van der Waals surface area (Å²) in [4.78, 5) is 24.9. The van der Waals surface area contributed by atoms with Crippen LogP contribution in [0.2, 0.25) is 5.02 Å². The molecule has 0 spiro atoms. The fourth-order valence-electron chi connectivity index (χ4n) is 2.97. The van der Waals surface area contributed by atoms with Crippen LogP contribution < -0.4 is 10.5 Å². The zero-order chi connectivity index (χ0) is 17.9. The van der Waals surface area contributed by atoms with Gasteiger partial charge in [-0.25, -0.2) is 0 Å². The molecule has 0 aromatic heterocycles. The summed E-state index contributed by atoms with van der Waals surface area (Å²) in [6.45, 7) is 4.75. The molecule has 2 rings (SSSR count). The van der Waals surface area contributed by atoms with Crippen molar-refractivity contribution in [2.45, 2.75) is 38.8 Å². The lowest BCUT2D eigenvalue weighted by Gasteiger charge is -2.39. The second kappa shape index (κ2) is 9.22. The van der Waals surface area contributed by atoms with E-state index in [1.54, 1.807) is 11.8 Å². The Kier molecular flexibility index (Phi) is 7.92. The van der Waals surface area contributed by atoms with Crippen molar-refractivity contribution in [1.29, 1.82) is 0 Å². The maximum atomic E-state index is 12.7. The minimum Gasteiger partial charge on any atom is -0.474 e. The molecule has 1 aliphatic rings. The Bertz CT molecular complexity index is 629. The highest BCUT2D eigenvalue weighted by Crippen LogP contribution is 2.31. The monoisotopic (exact) mass is 391 g/mol. The first kappa shape index (κ1) is 21.5. The lowest BCUT2D eigenvalue weighted by atomic mass is 9.92. The number of piperidine rings is 1. The number of carbonyl (C=O) groups is 1. The molecule has 9 heteroatoms. The number of hydrogen-bond donors (Lipinski definition) is 1. The molecule has 0 radical (unpaired) electrons. The molecule has 1 aromatic rings. The fourth-order valence-corrected chi connectivity index (χ4v) is 3.14. The van der Waals surface area contributed by atoms with Crippen LogP contribution in [0.4, 0.5) is 5.69 Å². The van der Waals surface area contributed by atoms with Crippen molar-refractivity contribution in [1.82, 2.24) is 4.90 Å². The Balaban J connectivity index is 0.00000312. The lowest BCUT2D eigenvalue weighted by molar-refractivity contribution is -0.386. The summed E-state index contributed by atoms with van der Waals surface area (Å²) in [5, 5.41) is 11.4. The Labute approximate surface area is 158 Å². The number of ether oxygens (including phenoxy) is 1. The third kappa shape index (κ3) is 5.20. The number of hydrogen-bond acceptors (Lipinski definition) is 5. The molecule has 1 heterocycles. The largest absolute Gasteiger partial charge is 0.474 e. The zero-order valence-corrected chi connectivity index (χ0v) is 15.8. The third-order valence-electron chi connectivity index (χ3n) is 4.30. The van der Waals surface area contributed by atoms with Crippen LogP contribution in [0.1, 0.15) is 26.7 Å². The van der Waals surface area contributed by atoms with Gasteiger partial charge in [-0.2, -0.15) is 0 Å². The first-order valence-electron chi connectivity index (χ1n) is 7.94. The first-order chi connectivity index (χ1) is 11.3. The summed E-state index contributed by atoms with van der Waals surface area (Å²) in [5.74, 6) is 0.345. The quantitative estimate of drug-likeness (QED) is 0.614. The molecule has 7 nitrogen and oxygen atoms in total. The van der Waals surface area contributed by atoms with Crippen molar-refractivity contribution in [2.75, 3.05) is 13.1 Å². The standard InChI is InChI=1S/C16H22ClN3O4.ClH/c1-10-5-6-19(13(7-10)9-18)16(21)11(2)24-15-4-3-12(17)8-14(15)20(22)23;/h3-4,8,10-11,13H,5-7,9,18H2,1-2H3;1H. The molecule has 0 bridgehead atoms. The minimum atomic E-state index is -0.840. The molecule has 1 fully saturated rings. The molecule has 3 atom stereocenters. The van der Waals surface area contributed by atoms with Crippen molar-refractivity contribution in [2.24, 2.45) is 11.7 Å². The molecule has 2 N–H and O–H groups in total. The fraction of sp³-hybridized carbons (Fsp3) is 0.562. The second-order valence-corrected chi connectivity index (χ2v) is 6.62. The van der Waals surface area contributed by atoms with Crippen LogP contribution in [0, 0.1) is 16.0 Å². The number of amides is 1. The van der Waals surface area contributed by atoms with Crippen molar-refractivity contribution >= 4 is 35.6 Å². The maximum Gasteiger partial charge on any atom is 0.312 e. The molecule has 1 aliphatic heterocycles. The number of benzene rings is 1. The zero-order valence-electron chi connectivity index (χ0n) is 14.2. The topological polar surface area (TPSA) is 98.7 Å². The SMILES string of the molecule is CC1CCN(C(=O)C(C)Oc2ccc(Cl)cc2[N+](=O)[O-])C(CN)C1.Cl. The van der Waals surface area contributed by atoms with Crippen LogP contribution >= 0.6 is 24.0 Å². The normalized spacial score (nSPS) is 21.2. The van der Waals surface area contributed by atoms with Gasteiger partial charge in [0.15, 0.2) is 11.9 Å². The highest BCUT2D eigenvalue weighted by Gasteiger charge is 2.33. The maximum absolute atomic E-state index is 12.7. The summed E-state index contributed by atoms with van der Waals surface area (Å²) >= 11 is 5.78. The Hall–Kier alpha value is -1.57. The first-order valence-corrected chi connectivity index (χ1v) is 8.32. The molecule has 1 aromatic carbocycles. The predicted octanol–water partition coefficient (Wildman–Crippen LogP) is 3.02. The Morgan fingerprint density at radius 2 is 2.24 bits per heavy atom. The van der Waals surface area contributed by atoms with Gasteiger partial charge in [-0.15, -0.1) is 12.4 Å². The van der Waals surface area contributed by atoms with E-state index in [1.165, 1.54) is 18.2 Å². The van der Waals surface area contributed by atoms with Gasteiger partial charge in [-0.05, 0) is 37.8 Å². The highest BCUT2D eigenvalue weighted by molar-refractivity contribution is 6.30. The second-order valence-electron chi connectivity index (χ2n) is 6.18. The van der Waals surface area contributed by atoms with E-state index in [1.807, 2.05) is 0 Å². The average molecular weight is 392 g/mol. The van der Waals surface area contributed by atoms with E-state index in [0.29, 0.717) is 19.0 Å². The lowest BCUT2D eigenvalue weighted by Crippen LogP contribution is -2.52. The van der Waals surface area contributed by atoms with Gasteiger partial charge < -0.3 is 15.4 Å². The van der Waals surface area contributed by atoms with Crippen LogP contribution in [0.25, 0.3) is 0 Å². The van der Waals surface area contributed by atoms with E-state index in [4.69, 9.17) is 22.1 Å². The number of nitro benzene ring substituents is 1. The smallest absolute Gasteiger partial charge is 0.312 e. The molecule has 0 saturated carbocycles. The van der Waals surface area contributed by atoms with Gasteiger partial charge in [0.25, 0.3) is 5.91 Å². The summed E-state index contributed by atoms with van der Waals surface area (Å²) in [6.07, 6.45) is 0.930. The van der Waals surface area contributed by atoms with Crippen LogP contribution in [0.3, 0.4) is 0 Å². The van der Waals surface area contributed by atoms with Crippen LogP contribution in [-0.4, -0.2) is 41.0 Å². The number of halogens is 2. The molecule has 140 valence electrons. The molecule has 3 unspecified atom stereocenters. The molecule has 1 amide bonds. The van der Waals surface area contributed by atoms with Gasteiger partial charge in [0.1, 0.15) is 0 Å². The number of nitro groups is 1. The summed E-state index contributed by atoms with van der Waals surface area (Å²) < 4.78 is 5.56. The van der Waals surface area contributed by atoms with Gasteiger partial charge in [0.05, 0.1) is 4.92 Å². The molecular weight excluding hydrogens is 369 g/mol. The number of rotatable bonds is 5. The summed E-state index contributed by atoms with van der Waals surface area (Å²) in [5.41, 5.74) is 5.53. The minimum absolute atomic E-state index is 0. The molecule has 25 heavy (non-hydrogen) atoms.